The summed E-state index contributed by atoms with van der Waals surface area (Å²) in [5, 5.41) is 2.77. The number of imidazole rings is 1. The van der Waals surface area contributed by atoms with Crippen LogP contribution in [0.15, 0.2) is 23.1 Å². The van der Waals surface area contributed by atoms with Gasteiger partial charge >= 0.3 is 0 Å². The van der Waals surface area contributed by atoms with Crippen molar-refractivity contribution in [3.63, 3.8) is 0 Å². The number of nitrogens with one attached hydrogen (secondary N) is 1. The highest BCUT2D eigenvalue weighted by Gasteiger charge is 2.33. The normalized spacial score (nSPS) is 14.7. The van der Waals surface area contributed by atoms with Crippen LogP contribution in [0, 0.1) is 11.6 Å². The number of hydrogen-bond donors (Lipinski definition) is 1. The topological polar surface area (TPSA) is 84.3 Å². The van der Waals surface area contributed by atoms with E-state index in [-0.39, 0.29) is 25.5 Å². The number of benzene rings is 1. The van der Waals surface area contributed by atoms with Crippen LogP contribution in [0.2, 0.25) is 0 Å². The minimum absolute atomic E-state index is 0.0101. The molecule has 1 aliphatic rings. The summed E-state index contributed by atoms with van der Waals surface area (Å²) in [7, 11) is -4.20. The fourth-order valence-electron chi connectivity index (χ4n) is 3.28. The fourth-order valence-corrected chi connectivity index (χ4v) is 4.75. The van der Waals surface area contributed by atoms with Crippen molar-refractivity contribution in [1.29, 1.82) is 0 Å². The summed E-state index contributed by atoms with van der Waals surface area (Å²) in [6.45, 7) is 4.57. The van der Waals surface area contributed by atoms with Crippen molar-refractivity contribution in [3.8, 4) is 0 Å². The largest absolute Gasteiger partial charge is 0.349 e. The molecule has 0 unspecified atom stereocenters. The second-order valence-electron chi connectivity index (χ2n) is 6.46. The van der Waals surface area contributed by atoms with Crippen molar-refractivity contribution < 1.29 is 22.0 Å². The van der Waals surface area contributed by atoms with Gasteiger partial charge in [-0.25, -0.2) is 22.2 Å². The molecule has 2 heterocycles. The molecule has 0 bridgehead atoms. The number of amides is 1. The molecular weight excluding hydrogens is 390 g/mol. The van der Waals surface area contributed by atoms with E-state index < -0.39 is 26.6 Å². The van der Waals surface area contributed by atoms with Crippen molar-refractivity contribution >= 4 is 15.9 Å². The summed E-state index contributed by atoms with van der Waals surface area (Å²) in [6.07, 6.45) is 0.713. The lowest BCUT2D eigenvalue weighted by Gasteiger charge is -2.27. The van der Waals surface area contributed by atoms with Crippen LogP contribution in [0.25, 0.3) is 0 Å². The van der Waals surface area contributed by atoms with E-state index in [0.717, 1.165) is 22.1 Å². The summed E-state index contributed by atoms with van der Waals surface area (Å²) in [6, 6.07) is 2.39. The Hall–Kier alpha value is -2.33. The van der Waals surface area contributed by atoms with Gasteiger partial charge in [0.1, 0.15) is 22.4 Å². The summed E-state index contributed by atoms with van der Waals surface area (Å²) < 4.78 is 56.2. The number of rotatable bonds is 6. The predicted octanol–water partition coefficient (Wildman–Crippen LogP) is 1.95. The van der Waals surface area contributed by atoms with E-state index in [2.05, 4.69) is 10.3 Å². The molecule has 1 N–H and O–H groups in total. The van der Waals surface area contributed by atoms with Gasteiger partial charge in [-0.2, -0.15) is 4.31 Å². The maximum absolute atomic E-state index is 14.0. The minimum Gasteiger partial charge on any atom is -0.349 e. The molecular formula is C18H22F2N4O3S. The molecule has 7 nitrogen and oxygen atoms in total. The Morgan fingerprint density at radius 1 is 1.29 bits per heavy atom. The smallest absolute Gasteiger partial charge is 0.246 e. The number of sulfonamides is 1. The summed E-state index contributed by atoms with van der Waals surface area (Å²) in [5.74, 6) is -1.26. The number of halogens is 2. The molecule has 0 aliphatic carbocycles. The van der Waals surface area contributed by atoms with E-state index in [9.17, 15) is 22.0 Å². The number of carbonyl (C=O) groups is 1. The van der Waals surface area contributed by atoms with Gasteiger partial charge in [-0.1, -0.05) is 6.92 Å². The maximum atomic E-state index is 14.0. The average molecular weight is 412 g/mol. The minimum atomic E-state index is -4.20. The molecule has 1 aliphatic heterocycles. The van der Waals surface area contributed by atoms with Crippen LogP contribution < -0.4 is 5.32 Å². The van der Waals surface area contributed by atoms with E-state index in [4.69, 9.17) is 0 Å². The molecule has 2 aromatic rings. The van der Waals surface area contributed by atoms with Gasteiger partial charge in [-0.05, 0) is 25.1 Å². The zero-order chi connectivity index (χ0) is 20.5. The van der Waals surface area contributed by atoms with Crippen LogP contribution in [0.3, 0.4) is 0 Å². The molecule has 0 spiro atoms. The first-order valence-corrected chi connectivity index (χ1v) is 10.5. The van der Waals surface area contributed by atoms with Crippen molar-refractivity contribution in [2.75, 3.05) is 6.54 Å². The van der Waals surface area contributed by atoms with Crippen LogP contribution in [0.5, 0.6) is 0 Å². The van der Waals surface area contributed by atoms with Gasteiger partial charge < -0.3 is 9.88 Å². The van der Waals surface area contributed by atoms with E-state index in [1.54, 1.807) is 6.92 Å². The predicted molar refractivity (Wildman–Crippen MR) is 97.7 cm³/mol. The highest BCUT2D eigenvalue weighted by molar-refractivity contribution is 7.89. The zero-order valence-corrected chi connectivity index (χ0v) is 16.5. The number of aromatic nitrogens is 2. The lowest BCUT2D eigenvalue weighted by atomic mass is 10.2. The molecule has 1 amide bonds. The van der Waals surface area contributed by atoms with Crippen LogP contribution in [0.4, 0.5) is 8.78 Å². The fraction of sp³-hybridized carbons (Fsp3) is 0.444. The monoisotopic (exact) mass is 412 g/mol. The maximum Gasteiger partial charge on any atom is 0.246 e. The van der Waals surface area contributed by atoms with Gasteiger partial charge in [-0.3, -0.25) is 4.79 Å². The summed E-state index contributed by atoms with van der Waals surface area (Å²) >= 11 is 0. The third-order valence-electron chi connectivity index (χ3n) is 4.75. The van der Waals surface area contributed by atoms with E-state index >= 15 is 0 Å². The highest BCUT2D eigenvalue weighted by atomic mass is 32.2. The number of hydrogen-bond acceptors (Lipinski definition) is 4. The molecule has 1 aromatic carbocycles. The third kappa shape index (κ3) is 3.79. The molecule has 0 radical (unpaired) electrons. The molecule has 3 rings (SSSR count). The molecule has 0 saturated heterocycles. The Kier molecular flexibility index (Phi) is 5.80. The van der Waals surface area contributed by atoms with Crippen molar-refractivity contribution in [3.05, 3.63) is 47.0 Å². The molecule has 10 heteroatoms. The first-order chi connectivity index (χ1) is 13.3. The highest BCUT2D eigenvalue weighted by Crippen LogP contribution is 2.27. The number of fused-ring (bicyclic) bond motifs is 1. The van der Waals surface area contributed by atoms with Gasteiger partial charge in [-0.15, -0.1) is 0 Å². The van der Waals surface area contributed by atoms with E-state index in [1.165, 1.54) is 0 Å². The van der Waals surface area contributed by atoms with Crippen LogP contribution >= 0.6 is 0 Å². The lowest BCUT2D eigenvalue weighted by molar-refractivity contribution is -0.120. The molecule has 152 valence electrons. The van der Waals surface area contributed by atoms with Gasteiger partial charge in [0.05, 0.1) is 24.5 Å². The van der Waals surface area contributed by atoms with E-state index in [0.29, 0.717) is 37.0 Å². The molecule has 28 heavy (non-hydrogen) atoms. The summed E-state index contributed by atoms with van der Waals surface area (Å²) in [4.78, 5) is 15.4. The first-order valence-electron chi connectivity index (χ1n) is 9.07. The Balaban J connectivity index is 1.90. The van der Waals surface area contributed by atoms with Gasteiger partial charge in [0.15, 0.2) is 0 Å². The molecule has 0 saturated carbocycles. The number of nitrogens with zero attached hydrogens (tertiary/aromatic N) is 3. The Labute approximate surface area is 162 Å². The van der Waals surface area contributed by atoms with Gasteiger partial charge in [0.25, 0.3) is 0 Å². The van der Waals surface area contributed by atoms with Crippen LogP contribution in [-0.2, 0) is 40.9 Å². The molecule has 1 aromatic heterocycles. The van der Waals surface area contributed by atoms with E-state index in [1.807, 2.05) is 11.5 Å². The first kappa shape index (κ1) is 20.4. The number of carbonyl (C=O) groups excluding carboxylic acids is 1. The molecule has 0 fully saturated rings. The Morgan fingerprint density at radius 2 is 2.04 bits per heavy atom. The second kappa shape index (κ2) is 7.96. The second-order valence-corrected chi connectivity index (χ2v) is 8.37. The van der Waals surface area contributed by atoms with Crippen LogP contribution in [-0.4, -0.2) is 34.7 Å². The lowest BCUT2D eigenvalue weighted by Crippen LogP contribution is -2.37. The standard InChI is InChI=1S/C18H22F2N4O3S/c1-3-18(25)21-10-17-22-14-7-8-23(11-15(14)24(17)4-2)28(26,27)16-9-12(19)5-6-13(16)20/h5-6,9H,3-4,7-8,10-11H2,1-2H3,(H,21,25). The Bertz CT molecular complexity index is 1000. The third-order valence-corrected chi connectivity index (χ3v) is 6.61. The van der Waals surface area contributed by atoms with Crippen molar-refractivity contribution in [2.24, 2.45) is 0 Å². The van der Waals surface area contributed by atoms with Crippen molar-refractivity contribution in [1.82, 2.24) is 19.2 Å². The average Bonchev–Trinajstić information content (AvgIpc) is 3.04. The van der Waals surface area contributed by atoms with Crippen molar-refractivity contribution in [2.45, 2.75) is 51.2 Å². The van der Waals surface area contributed by atoms with Gasteiger partial charge in [0, 0.05) is 25.9 Å². The zero-order valence-electron chi connectivity index (χ0n) is 15.7. The molecule has 0 atom stereocenters. The summed E-state index contributed by atoms with van der Waals surface area (Å²) in [5.41, 5.74) is 1.46. The van der Waals surface area contributed by atoms with Gasteiger partial charge in [0.2, 0.25) is 15.9 Å². The van der Waals surface area contributed by atoms with Crippen LogP contribution in [0.1, 0.15) is 37.5 Å². The quantitative estimate of drug-likeness (QED) is 0.786. The Morgan fingerprint density at radius 3 is 2.71 bits per heavy atom. The SMILES string of the molecule is CCC(=O)NCc1nc2c(n1CC)CN(S(=O)(=O)c1cc(F)ccc1F)CC2.